The largest absolute Gasteiger partial charge is 0.455 e. The van der Waals surface area contributed by atoms with E-state index >= 15 is 0 Å². The number of benzene rings is 2. The number of urea groups is 1. The van der Waals surface area contributed by atoms with Crippen molar-refractivity contribution in [1.29, 1.82) is 0 Å². The highest BCUT2D eigenvalue weighted by molar-refractivity contribution is 5.92. The predicted molar refractivity (Wildman–Crippen MR) is 144 cm³/mol. The van der Waals surface area contributed by atoms with Gasteiger partial charge in [-0.15, -0.1) is 0 Å². The van der Waals surface area contributed by atoms with Crippen LogP contribution in [-0.4, -0.2) is 40.2 Å². The second kappa shape index (κ2) is 11.9. The molecule has 3 N–H and O–H groups in total. The van der Waals surface area contributed by atoms with Crippen LogP contribution in [-0.2, 0) is 0 Å². The number of rotatable bonds is 9. The molecule has 4 rings (SSSR count). The first-order valence-electron chi connectivity index (χ1n) is 11.9. The van der Waals surface area contributed by atoms with Gasteiger partial charge in [0.15, 0.2) is 0 Å². The van der Waals surface area contributed by atoms with Crippen molar-refractivity contribution in [2.75, 3.05) is 18.5 Å². The molecular weight excluding hydrogens is 471 g/mol. The van der Waals surface area contributed by atoms with Gasteiger partial charge in [-0.2, -0.15) is 0 Å². The molecule has 4 aromatic rings. The van der Waals surface area contributed by atoms with Crippen molar-refractivity contribution in [2.45, 2.75) is 26.8 Å². The van der Waals surface area contributed by atoms with E-state index in [1.54, 1.807) is 6.20 Å². The summed E-state index contributed by atoms with van der Waals surface area (Å²) >= 11 is 0. The number of nitrogens with one attached hydrogen (secondary N) is 3. The standard InChI is InChI=1S/C28H29FN6O2/c1-18-14-22(8-11-26(18)37-23-9-5-19(2)31-16-23)35-27-24-15-21(7-10-25(24)32-17-33-27)6-4-20(3)34-28(36)30-13-12-29/h4-11,14-17,20H,12-13H2,1-3H3,(H2,30,34,36)(H,32,33,35)/b6-4+. The van der Waals surface area contributed by atoms with Gasteiger partial charge in [-0.3, -0.25) is 4.98 Å². The van der Waals surface area contributed by atoms with E-state index in [1.165, 1.54) is 6.33 Å². The Morgan fingerprint density at radius 2 is 1.95 bits per heavy atom. The second-order valence-corrected chi connectivity index (χ2v) is 8.58. The van der Waals surface area contributed by atoms with Crippen LogP contribution in [0.2, 0.25) is 0 Å². The number of amides is 2. The average molecular weight is 501 g/mol. The Morgan fingerprint density at radius 3 is 2.70 bits per heavy atom. The Morgan fingerprint density at radius 1 is 1.08 bits per heavy atom. The number of anilines is 2. The van der Waals surface area contributed by atoms with Crippen molar-refractivity contribution in [2.24, 2.45) is 0 Å². The maximum atomic E-state index is 12.2. The highest BCUT2D eigenvalue weighted by Gasteiger charge is 2.08. The average Bonchev–Trinajstić information content (AvgIpc) is 2.89. The first-order chi connectivity index (χ1) is 17.9. The van der Waals surface area contributed by atoms with Crippen molar-refractivity contribution >= 4 is 34.5 Å². The third-order valence-electron chi connectivity index (χ3n) is 5.53. The number of pyridine rings is 1. The van der Waals surface area contributed by atoms with Crippen LogP contribution in [0, 0.1) is 13.8 Å². The minimum absolute atomic E-state index is 0.0117. The Hall–Kier alpha value is -4.53. The molecule has 8 nitrogen and oxygen atoms in total. The Kier molecular flexibility index (Phi) is 8.25. The van der Waals surface area contributed by atoms with Gasteiger partial charge in [0.1, 0.15) is 30.3 Å². The molecule has 0 aliphatic rings. The molecule has 9 heteroatoms. The number of fused-ring (bicyclic) bond motifs is 1. The molecule has 0 aliphatic heterocycles. The fourth-order valence-corrected chi connectivity index (χ4v) is 3.62. The van der Waals surface area contributed by atoms with Crippen LogP contribution in [0.5, 0.6) is 11.5 Å². The van der Waals surface area contributed by atoms with Gasteiger partial charge >= 0.3 is 6.03 Å². The van der Waals surface area contributed by atoms with Crippen molar-refractivity contribution < 1.29 is 13.9 Å². The van der Waals surface area contributed by atoms with Gasteiger partial charge < -0.3 is 20.7 Å². The number of aromatic nitrogens is 3. The maximum absolute atomic E-state index is 12.2. The fraction of sp³-hybridized carbons (Fsp3) is 0.214. The molecule has 0 aliphatic carbocycles. The summed E-state index contributed by atoms with van der Waals surface area (Å²) < 4.78 is 18.2. The van der Waals surface area contributed by atoms with E-state index in [9.17, 15) is 9.18 Å². The summed E-state index contributed by atoms with van der Waals surface area (Å²) in [5, 5.41) is 9.42. The van der Waals surface area contributed by atoms with Crippen molar-refractivity contribution in [3.8, 4) is 11.5 Å². The minimum Gasteiger partial charge on any atom is -0.455 e. The molecule has 0 saturated carbocycles. The van der Waals surface area contributed by atoms with Gasteiger partial charge in [0, 0.05) is 29.4 Å². The first-order valence-corrected chi connectivity index (χ1v) is 11.9. The van der Waals surface area contributed by atoms with Crippen LogP contribution in [0.25, 0.3) is 17.0 Å². The number of halogens is 1. The molecule has 2 amide bonds. The monoisotopic (exact) mass is 500 g/mol. The number of alkyl halides is 1. The predicted octanol–water partition coefficient (Wildman–Crippen LogP) is 5.85. The van der Waals surface area contributed by atoms with E-state index in [0.29, 0.717) is 11.6 Å². The van der Waals surface area contributed by atoms with Crippen molar-refractivity contribution in [3.63, 3.8) is 0 Å². The van der Waals surface area contributed by atoms with Gasteiger partial charge in [-0.25, -0.2) is 19.2 Å². The summed E-state index contributed by atoms with van der Waals surface area (Å²) in [6, 6.07) is 14.9. The Balaban J connectivity index is 1.49. The molecular formula is C28H29FN6O2. The fourth-order valence-electron chi connectivity index (χ4n) is 3.62. The van der Waals surface area contributed by atoms with E-state index in [0.717, 1.165) is 39.2 Å². The second-order valence-electron chi connectivity index (χ2n) is 8.58. The summed E-state index contributed by atoms with van der Waals surface area (Å²) in [4.78, 5) is 24.8. The lowest BCUT2D eigenvalue weighted by atomic mass is 10.1. The molecule has 0 saturated heterocycles. The van der Waals surface area contributed by atoms with E-state index in [2.05, 4.69) is 30.9 Å². The number of aryl methyl sites for hydroxylation is 2. The molecule has 1 atom stereocenters. The number of hydrogen-bond acceptors (Lipinski definition) is 6. The third-order valence-corrected chi connectivity index (χ3v) is 5.53. The molecule has 2 heterocycles. The molecule has 0 fully saturated rings. The van der Waals surface area contributed by atoms with Gasteiger partial charge in [-0.05, 0) is 74.4 Å². The molecule has 1 unspecified atom stereocenters. The lowest BCUT2D eigenvalue weighted by Gasteiger charge is -2.13. The molecule has 190 valence electrons. The van der Waals surface area contributed by atoms with Crippen LogP contribution in [0.1, 0.15) is 23.7 Å². The molecule has 0 bridgehead atoms. The van der Waals surface area contributed by atoms with Gasteiger partial charge in [0.25, 0.3) is 0 Å². The number of carbonyl (C=O) groups excluding carboxylic acids is 1. The lowest BCUT2D eigenvalue weighted by Crippen LogP contribution is -2.40. The molecule has 2 aromatic heterocycles. The highest BCUT2D eigenvalue weighted by atomic mass is 19.1. The Bertz CT molecular complexity index is 1410. The molecule has 0 radical (unpaired) electrons. The van der Waals surface area contributed by atoms with E-state index in [-0.39, 0.29) is 12.6 Å². The zero-order valence-electron chi connectivity index (χ0n) is 21.0. The minimum atomic E-state index is -0.601. The quantitative estimate of drug-likeness (QED) is 0.267. The van der Waals surface area contributed by atoms with Crippen molar-refractivity contribution in [3.05, 3.63) is 84.0 Å². The molecule has 0 spiro atoms. The zero-order valence-corrected chi connectivity index (χ0v) is 21.0. The summed E-state index contributed by atoms with van der Waals surface area (Å²) in [5.41, 5.74) is 4.49. The zero-order chi connectivity index (χ0) is 26.2. The highest BCUT2D eigenvalue weighted by Crippen LogP contribution is 2.30. The van der Waals surface area contributed by atoms with E-state index < -0.39 is 12.7 Å². The number of ether oxygens (including phenoxy) is 1. The third kappa shape index (κ3) is 7.00. The van der Waals surface area contributed by atoms with Crippen LogP contribution in [0.3, 0.4) is 0 Å². The number of nitrogens with zero attached hydrogens (tertiary/aromatic N) is 3. The Labute approximate surface area is 215 Å². The lowest BCUT2D eigenvalue weighted by molar-refractivity contribution is 0.238. The molecule has 37 heavy (non-hydrogen) atoms. The van der Waals surface area contributed by atoms with Crippen molar-refractivity contribution in [1.82, 2.24) is 25.6 Å². The number of carbonyl (C=O) groups is 1. The van der Waals surface area contributed by atoms with Gasteiger partial charge in [0.2, 0.25) is 0 Å². The van der Waals surface area contributed by atoms with Crippen LogP contribution >= 0.6 is 0 Å². The van der Waals surface area contributed by atoms with Crippen LogP contribution in [0.15, 0.2) is 67.1 Å². The van der Waals surface area contributed by atoms with Gasteiger partial charge in [-0.1, -0.05) is 18.2 Å². The van der Waals surface area contributed by atoms with E-state index in [4.69, 9.17) is 4.74 Å². The summed E-state index contributed by atoms with van der Waals surface area (Å²) in [7, 11) is 0. The SMILES string of the molecule is Cc1ccc(Oc2ccc(Nc3ncnc4ccc(/C=C/C(C)NC(=O)NCCF)cc34)cc2C)cn1. The van der Waals surface area contributed by atoms with Crippen LogP contribution < -0.4 is 20.7 Å². The van der Waals surface area contributed by atoms with Gasteiger partial charge in [0.05, 0.1) is 11.7 Å². The smallest absolute Gasteiger partial charge is 0.315 e. The summed E-state index contributed by atoms with van der Waals surface area (Å²) in [6.45, 7) is 5.14. The van der Waals surface area contributed by atoms with E-state index in [1.807, 2.05) is 81.5 Å². The normalized spacial score (nSPS) is 11.9. The molecule has 2 aromatic carbocycles. The first kappa shape index (κ1) is 25.6. The van der Waals surface area contributed by atoms with Crippen LogP contribution in [0.4, 0.5) is 20.7 Å². The maximum Gasteiger partial charge on any atom is 0.315 e. The number of hydrogen-bond donors (Lipinski definition) is 3. The summed E-state index contributed by atoms with van der Waals surface area (Å²) in [5.74, 6) is 2.10. The topological polar surface area (TPSA) is 101 Å². The summed E-state index contributed by atoms with van der Waals surface area (Å²) in [6.07, 6.45) is 7.00.